The first-order valence-electron chi connectivity index (χ1n) is 11.8. The average molecular weight is 531 g/mol. The van der Waals surface area contributed by atoms with Crippen LogP contribution in [0.1, 0.15) is 32.7 Å². The van der Waals surface area contributed by atoms with Gasteiger partial charge in [0.25, 0.3) is 17.5 Å². The number of anilines is 1. The molecule has 1 unspecified atom stereocenters. The summed E-state index contributed by atoms with van der Waals surface area (Å²) >= 11 is 0. The standard InChI is InChI=1S/C27H21N3O9/c1-37-27(34)18-5-7-19(8-6-18)29-24(31)13-21(26(29)33)28(14-16-2-11-22-23(12-16)39-15-38-22)25(32)17-3-9-20(10-4-17)30(35)36/h2-12,21H,13-15H2,1H3. The smallest absolute Gasteiger partial charge is 0.337 e. The third kappa shape index (κ3) is 4.87. The van der Waals surface area contributed by atoms with E-state index in [0.29, 0.717) is 17.1 Å². The van der Waals surface area contributed by atoms with Crippen LogP contribution in [-0.2, 0) is 20.9 Å². The topological polar surface area (TPSA) is 146 Å². The molecule has 2 aliphatic rings. The molecule has 3 aromatic rings. The zero-order valence-corrected chi connectivity index (χ0v) is 20.6. The van der Waals surface area contributed by atoms with Crippen LogP contribution in [0.3, 0.4) is 0 Å². The van der Waals surface area contributed by atoms with Gasteiger partial charge in [-0.05, 0) is 54.1 Å². The first kappa shape index (κ1) is 25.4. The Kier molecular flexibility index (Phi) is 6.67. The number of amides is 3. The molecule has 0 radical (unpaired) electrons. The number of carbonyl (C=O) groups is 4. The van der Waals surface area contributed by atoms with E-state index in [9.17, 15) is 29.3 Å². The fourth-order valence-electron chi connectivity index (χ4n) is 4.45. The predicted octanol–water partition coefficient (Wildman–Crippen LogP) is 3.08. The highest BCUT2D eigenvalue weighted by molar-refractivity contribution is 6.23. The van der Waals surface area contributed by atoms with Crippen molar-refractivity contribution >= 4 is 35.1 Å². The number of nitrogens with zero attached hydrogens (tertiary/aromatic N) is 3. The summed E-state index contributed by atoms with van der Waals surface area (Å²) in [5, 5.41) is 11.1. The monoisotopic (exact) mass is 531 g/mol. The van der Waals surface area contributed by atoms with Gasteiger partial charge in [0.1, 0.15) is 6.04 Å². The van der Waals surface area contributed by atoms with E-state index in [0.717, 1.165) is 4.90 Å². The van der Waals surface area contributed by atoms with Crippen LogP contribution in [-0.4, -0.2) is 53.5 Å². The number of methoxy groups -OCH3 is 1. The molecule has 5 rings (SSSR count). The zero-order valence-electron chi connectivity index (χ0n) is 20.6. The van der Waals surface area contributed by atoms with Crippen molar-refractivity contribution in [3.05, 3.63) is 93.5 Å². The van der Waals surface area contributed by atoms with Gasteiger partial charge in [0, 0.05) is 24.2 Å². The van der Waals surface area contributed by atoms with Crippen LogP contribution in [0.2, 0.25) is 0 Å². The molecule has 0 aliphatic carbocycles. The number of esters is 1. The second-order valence-corrected chi connectivity index (χ2v) is 8.75. The Labute approximate surface area is 221 Å². The van der Waals surface area contributed by atoms with Crippen LogP contribution in [0.15, 0.2) is 66.7 Å². The van der Waals surface area contributed by atoms with E-state index in [1.54, 1.807) is 18.2 Å². The van der Waals surface area contributed by atoms with Gasteiger partial charge >= 0.3 is 5.97 Å². The average Bonchev–Trinajstić information content (AvgIpc) is 3.54. The number of ether oxygens (including phenoxy) is 3. The summed E-state index contributed by atoms with van der Waals surface area (Å²) < 4.78 is 15.4. The molecule has 0 aromatic heterocycles. The lowest BCUT2D eigenvalue weighted by Crippen LogP contribution is -2.45. The van der Waals surface area contributed by atoms with Crippen molar-refractivity contribution in [2.75, 3.05) is 18.8 Å². The van der Waals surface area contributed by atoms with Gasteiger partial charge in [-0.3, -0.25) is 24.5 Å². The van der Waals surface area contributed by atoms with Gasteiger partial charge in [-0.2, -0.15) is 0 Å². The molecule has 3 amide bonds. The van der Waals surface area contributed by atoms with Crippen molar-refractivity contribution in [1.82, 2.24) is 4.90 Å². The Balaban J connectivity index is 1.47. The highest BCUT2D eigenvalue weighted by atomic mass is 16.7. The molecule has 0 saturated carbocycles. The number of benzene rings is 3. The number of rotatable bonds is 7. The van der Waals surface area contributed by atoms with Gasteiger partial charge in [-0.15, -0.1) is 0 Å². The number of hydrogen-bond acceptors (Lipinski definition) is 9. The maximum atomic E-state index is 13.7. The Hall–Kier alpha value is -5.26. The maximum Gasteiger partial charge on any atom is 0.337 e. The number of hydrogen-bond donors (Lipinski definition) is 0. The molecular weight excluding hydrogens is 510 g/mol. The second kappa shape index (κ2) is 10.2. The molecule has 2 aliphatic heterocycles. The summed E-state index contributed by atoms with van der Waals surface area (Å²) in [4.78, 5) is 64.7. The van der Waals surface area contributed by atoms with Crippen LogP contribution < -0.4 is 14.4 Å². The van der Waals surface area contributed by atoms with Gasteiger partial charge in [0.2, 0.25) is 12.7 Å². The summed E-state index contributed by atoms with van der Waals surface area (Å²) in [6.07, 6.45) is -0.277. The first-order chi connectivity index (χ1) is 18.8. The molecule has 39 heavy (non-hydrogen) atoms. The number of nitro benzene ring substituents is 1. The minimum atomic E-state index is -1.15. The highest BCUT2D eigenvalue weighted by Gasteiger charge is 2.44. The van der Waals surface area contributed by atoms with E-state index >= 15 is 0 Å². The quantitative estimate of drug-likeness (QED) is 0.194. The first-order valence-corrected chi connectivity index (χ1v) is 11.8. The molecule has 3 aromatic carbocycles. The summed E-state index contributed by atoms with van der Waals surface area (Å²) in [6.45, 7) is 0.00876. The largest absolute Gasteiger partial charge is 0.465 e. The van der Waals surface area contributed by atoms with Crippen molar-refractivity contribution in [3.8, 4) is 11.5 Å². The summed E-state index contributed by atoms with van der Waals surface area (Å²) in [6, 6.07) is 14.7. The fraction of sp³-hybridized carbons (Fsp3) is 0.185. The Morgan fingerprint density at radius 3 is 2.33 bits per heavy atom. The van der Waals surface area contributed by atoms with Gasteiger partial charge < -0.3 is 19.1 Å². The molecule has 2 heterocycles. The minimum Gasteiger partial charge on any atom is -0.465 e. The van der Waals surface area contributed by atoms with E-state index in [2.05, 4.69) is 4.74 Å². The Bertz CT molecular complexity index is 1490. The Morgan fingerprint density at radius 2 is 1.67 bits per heavy atom. The number of non-ortho nitro benzene ring substituents is 1. The second-order valence-electron chi connectivity index (χ2n) is 8.75. The van der Waals surface area contributed by atoms with Gasteiger partial charge in [-0.25, -0.2) is 9.69 Å². The van der Waals surface area contributed by atoms with E-state index in [-0.39, 0.29) is 42.3 Å². The molecule has 0 bridgehead atoms. The van der Waals surface area contributed by atoms with Crippen molar-refractivity contribution in [3.63, 3.8) is 0 Å². The molecule has 1 atom stereocenters. The van der Waals surface area contributed by atoms with Crippen molar-refractivity contribution in [1.29, 1.82) is 0 Å². The predicted molar refractivity (Wildman–Crippen MR) is 134 cm³/mol. The van der Waals surface area contributed by atoms with E-state index in [1.165, 1.54) is 60.5 Å². The van der Waals surface area contributed by atoms with Crippen LogP contribution >= 0.6 is 0 Å². The van der Waals surface area contributed by atoms with Crippen molar-refractivity contribution in [2.24, 2.45) is 0 Å². The normalized spacial score (nSPS) is 15.8. The molecule has 0 spiro atoms. The summed E-state index contributed by atoms with van der Waals surface area (Å²) in [7, 11) is 1.24. The van der Waals surface area contributed by atoms with Crippen molar-refractivity contribution in [2.45, 2.75) is 19.0 Å². The van der Waals surface area contributed by atoms with E-state index < -0.39 is 34.7 Å². The summed E-state index contributed by atoms with van der Waals surface area (Å²) in [5.41, 5.74) is 1.03. The molecule has 12 nitrogen and oxygen atoms in total. The summed E-state index contributed by atoms with van der Waals surface area (Å²) in [5.74, 6) is -1.28. The molecule has 1 fully saturated rings. The van der Waals surface area contributed by atoms with E-state index in [4.69, 9.17) is 9.47 Å². The molecule has 1 saturated heterocycles. The third-order valence-electron chi connectivity index (χ3n) is 6.42. The zero-order chi connectivity index (χ0) is 27.7. The maximum absolute atomic E-state index is 13.7. The number of imide groups is 1. The number of fused-ring (bicyclic) bond motifs is 1. The molecule has 0 N–H and O–H groups in total. The van der Waals surface area contributed by atoms with Crippen LogP contribution in [0.4, 0.5) is 11.4 Å². The fourth-order valence-corrected chi connectivity index (χ4v) is 4.45. The number of nitro groups is 1. The van der Waals surface area contributed by atoms with Crippen LogP contribution in [0.5, 0.6) is 11.5 Å². The van der Waals surface area contributed by atoms with Crippen LogP contribution in [0, 0.1) is 10.1 Å². The molecular formula is C27H21N3O9. The Morgan fingerprint density at radius 1 is 1.00 bits per heavy atom. The van der Waals surface area contributed by atoms with Gasteiger partial charge in [0.05, 0.1) is 29.7 Å². The van der Waals surface area contributed by atoms with Gasteiger partial charge in [-0.1, -0.05) is 6.07 Å². The molecule has 198 valence electrons. The third-order valence-corrected chi connectivity index (χ3v) is 6.42. The number of carbonyl (C=O) groups excluding carboxylic acids is 4. The van der Waals surface area contributed by atoms with Crippen LogP contribution in [0.25, 0.3) is 0 Å². The minimum absolute atomic E-state index is 0.0503. The van der Waals surface area contributed by atoms with E-state index in [1.807, 2.05) is 0 Å². The lowest BCUT2D eigenvalue weighted by atomic mass is 10.1. The van der Waals surface area contributed by atoms with Gasteiger partial charge in [0.15, 0.2) is 11.5 Å². The highest BCUT2D eigenvalue weighted by Crippen LogP contribution is 2.34. The lowest BCUT2D eigenvalue weighted by molar-refractivity contribution is -0.384. The SMILES string of the molecule is COC(=O)c1ccc(N2C(=O)CC(N(Cc3ccc4c(c3)OCO4)C(=O)c3ccc([N+](=O)[O-])cc3)C2=O)cc1. The lowest BCUT2D eigenvalue weighted by Gasteiger charge is -2.28. The molecule has 12 heteroatoms. The van der Waals surface area contributed by atoms with Crippen molar-refractivity contribution < 1.29 is 38.3 Å².